The first-order valence-electron chi connectivity index (χ1n) is 10.4. The zero-order valence-corrected chi connectivity index (χ0v) is 19.0. The van der Waals surface area contributed by atoms with Gasteiger partial charge in [0.25, 0.3) is 5.91 Å². The molecule has 1 aliphatic rings. The van der Waals surface area contributed by atoms with Gasteiger partial charge in [0.1, 0.15) is 0 Å². The van der Waals surface area contributed by atoms with Gasteiger partial charge < -0.3 is 9.80 Å². The lowest BCUT2D eigenvalue weighted by Gasteiger charge is -2.35. The lowest BCUT2D eigenvalue weighted by Crippen LogP contribution is -2.52. The van der Waals surface area contributed by atoms with Gasteiger partial charge in [-0.05, 0) is 48.4 Å². The number of amides is 2. The number of nitrogens with zero attached hydrogens (tertiary/aromatic N) is 4. The van der Waals surface area contributed by atoms with E-state index in [-0.39, 0.29) is 23.3 Å². The minimum Gasteiger partial charge on any atom is -0.338 e. The van der Waals surface area contributed by atoms with E-state index < -0.39 is 10.0 Å². The molecule has 1 aliphatic heterocycles. The first-order chi connectivity index (χ1) is 15.3. The van der Waals surface area contributed by atoms with Crippen molar-refractivity contribution in [1.82, 2.24) is 14.1 Å². The quantitative estimate of drug-likeness (QED) is 0.662. The third-order valence-corrected chi connectivity index (χ3v) is 7.40. The number of piperazine rings is 1. The molecule has 0 aromatic heterocycles. The molecular weight excluding hydrogens is 428 g/mol. The number of hydrogen-bond acceptors (Lipinski definition) is 5. The Morgan fingerprint density at radius 1 is 0.969 bits per heavy atom. The van der Waals surface area contributed by atoms with Gasteiger partial charge in [-0.25, -0.2) is 8.42 Å². The molecule has 8 nitrogen and oxygen atoms in total. The number of carbonyl (C=O) groups excluding carboxylic acids is 2. The van der Waals surface area contributed by atoms with Gasteiger partial charge in [-0.3, -0.25) is 9.59 Å². The van der Waals surface area contributed by atoms with Crippen LogP contribution in [-0.4, -0.2) is 74.1 Å². The van der Waals surface area contributed by atoms with E-state index >= 15 is 0 Å². The van der Waals surface area contributed by atoms with Crippen molar-refractivity contribution in [2.45, 2.75) is 18.2 Å². The Bertz CT molecular complexity index is 1110. The van der Waals surface area contributed by atoms with E-state index in [4.69, 9.17) is 5.26 Å². The first-order valence-corrected chi connectivity index (χ1v) is 11.8. The molecule has 0 N–H and O–H groups in total. The Labute approximate surface area is 188 Å². The molecule has 0 aliphatic carbocycles. The summed E-state index contributed by atoms with van der Waals surface area (Å²) in [4.78, 5) is 28.7. The summed E-state index contributed by atoms with van der Waals surface area (Å²) in [7, 11) is -2.50. The smallest absolute Gasteiger partial charge is 0.253 e. The molecule has 168 valence electrons. The number of nitriles is 1. The zero-order chi connectivity index (χ0) is 23.3. The Morgan fingerprint density at radius 3 is 2.06 bits per heavy atom. The summed E-state index contributed by atoms with van der Waals surface area (Å²) >= 11 is 0. The molecule has 0 atom stereocenters. The molecule has 1 fully saturated rings. The van der Waals surface area contributed by atoms with Crippen LogP contribution in [0.3, 0.4) is 0 Å². The number of sulfonamides is 1. The summed E-state index contributed by atoms with van der Waals surface area (Å²) in [6, 6.07) is 15.0. The summed E-state index contributed by atoms with van der Waals surface area (Å²) in [5.74, 6) is -0.385. The predicted molar refractivity (Wildman–Crippen MR) is 119 cm³/mol. The molecule has 9 heteroatoms. The maximum absolute atomic E-state index is 12.7. The summed E-state index contributed by atoms with van der Waals surface area (Å²) in [5.41, 5.74) is 2.14. The van der Waals surface area contributed by atoms with Crippen LogP contribution in [0.15, 0.2) is 53.4 Å². The summed E-state index contributed by atoms with van der Waals surface area (Å²) in [6.07, 6.45) is 0.907. The lowest BCUT2D eigenvalue weighted by atomic mass is 10.1. The zero-order valence-electron chi connectivity index (χ0n) is 18.2. The third kappa shape index (κ3) is 5.15. The van der Waals surface area contributed by atoms with Crippen LogP contribution in [0.25, 0.3) is 0 Å². The Morgan fingerprint density at radius 2 is 1.53 bits per heavy atom. The second kappa shape index (κ2) is 9.94. The SMILES string of the molecule is CCc1ccc(C(=O)N2CCN(C(=O)CN(C)S(=O)(=O)c3ccc(C#N)cc3)CC2)cc1. The molecular formula is C23H26N4O4S. The van der Waals surface area contributed by atoms with Crippen LogP contribution in [0, 0.1) is 11.3 Å². The van der Waals surface area contributed by atoms with Crippen molar-refractivity contribution in [3.63, 3.8) is 0 Å². The van der Waals surface area contributed by atoms with Crippen molar-refractivity contribution < 1.29 is 18.0 Å². The molecule has 32 heavy (non-hydrogen) atoms. The first kappa shape index (κ1) is 23.4. The predicted octanol–water partition coefficient (Wildman–Crippen LogP) is 1.73. The molecule has 1 saturated heterocycles. The van der Waals surface area contributed by atoms with E-state index in [9.17, 15) is 18.0 Å². The molecule has 3 rings (SSSR count). The summed E-state index contributed by atoms with van der Waals surface area (Å²) in [5, 5.41) is 8.86. The number of aryl methyl sites for hydroxylation is 1. The number of hydrogen-bond donors (Lipinski definition) is 0. The highest BCUT2D eigenvalue weighted by Crippen LogP contribution is 2.16. The van der Waals surface area contributed by atoms with Crippen LogP contribution in [0.5, 0.6) is 0 Å². The van der Waals surface area contributed by atoms with E-state index in [1.807, 2.05) is 30.3 Å². The van der Waals surface area contributed by atoms with Crippen molar-refractivity contribution in [1.29, 1.82) is 5.26 Å². The Kier molecular flexibility index (Phi) is 7.28. The second-order valence-electron chi connectivity index (χ2n) is 7.62. The van der Waals surface area contributed by atoms with Gasteiger partial charge in [0.05, 0.1) is 23.1 Å². The van der Waals surface area contributed by atoms with Gasteiger partial charge in [-0.1, -0.05) is 19.1 Å². The van der Waals surface area contributed by atoms with Crippen LogP contribution >= 0.6 is 0 Å². The molecule has 0 bridgehead atoms. The van der Waals surface area contributed by atoms with E-state index in [0.29, 0.717) is 37.3 Å². The highest BCUT2D eigenvalue weighted by Gasteiger charge is 2.28. The van der Waals surface area contributed by atoms with Crippen molar-refractivity contribution in [2.75, 3.05) is 39.8 Å². The van der Waals surface area contributed by atoms with E-state index in [1.54, 1.807) is 9.80 Å². The van der Waals surface area contributed by atoms with Crippen molar-refractivity contribution in [3.05, 3.63) is 65.2 Å². The number of carbonyl (C=O) groups is 2. The average molecular weight is 455 g/mol. The minimum atomic E-state index is -3.85. The Balaban J connectivity index is 1.56. The number of benzene rings is 2. The minimum absolute atomic E-state index is 0.0244. The van der Waals surface area contributed by atoms with E-state index in [0.717, 1.165) is 16.3 Å². The molecule has 2 aromatic rings. The summed E-state index contributed by atoms with van der Waals surface area (Å²) < 4.78 is 26.4. The van der Waals surface area contributed by atoms with E-state index in [2.05, 4.69) is 6.92 Å². The molecule has 0 saturated carbocycles. The molecule has 2 aromatic carbocycles. The average Bonchev–Trinajstić information content (AvgIpc) is 2.83. The largest absolute Gasteiger partial charge is 0.338 e. The van der Waals surface area contributed by atoms with Gasteiger partial charge in [-0.15, -0.1) is 0 Å². The van der Waals surface area contributed by atoms with Crippen LogP contribution in [0.2, 0.25) is 0 Å². The fourth-order valence-electron chi connectivity index (χ4n) is 3.48. The molecule has 0 radical (unpaired) electrons. The van der Waals surface area contributed by atoms with Crippen molar-refractivity contribution in [2.24, 2.45) is 0 Å². The van der Waals surface area contributed by atoms with Gasteiger partial charge in [0.15, 0.2) is 0 Å². The topological polar surface area (TPSA) is 102 Å². The molecule has 2 amide bonds. The molecule has 0 unspecified atom stereocenters. The van der Waals surface area contributed by atoms with E-state index in [1.165, 1.54) is 31.3 Å². The van der Waals surface area contributed by atoms with Gasteiger partial charge in [0, 0.05) is 38.8 Å². The maximum Gasteiger partial charge on any atom is 0.253 e. The molecule has 0 spiro atoms. The maximum atomic E-state index is 12.7. The highest BCUT2D eigenvalue weighted by atomic mass is 32.2. The lowest BCUT2D eigenvalue weighted by molar-refractivity contribution is -0.132. The van der Waals surface area contributed by atoms with Crippen LogP contribution in [0.4, 0.5) is 0 Å². The van der Waals surface area contributed by atoms with Gasteiger partial charge in [0.2, 0.25) is 15.9 Å². The van der Waals surface area contributed by atoms with Gasteiger partial charge in [-0.2, -0.15) is 9.57 Å². The normalized spacial score (nSPS) is 14.3. The fraction of sp³-hybridized carbons (Fsp3) is 0.348. The molecule has 1 heterocycles. The van der Waals surface area contributed by atoms with Crippen LogP contribution in [-0.2, 0) is 21.2 Å². The monoisotopic (exact) mass is 454 g/mol. The Hall–Kier alpha value is -3.22. The fourth-order valence-corrected chi connectivity index (χ4v) is 4.60. The number of rotatable bonds is 6. The van der Waals surface area contributed by atoms with Crippen molar-refractivity contribution >= 4 is 21.8 Å². The van der Waals surface area contributed by atoms with Crippen molar-refractivity contribution in [3.8, 4) is 6.07 Å². The second-order valence-corrected chi connectivity index (χ2v) is 9.67. The standard InChI is InChI=1S/C23H26N4O4S/c1-3-18-4-8-20(9-5-18)23(29)27-14-12-26(13-15-27)22(28)17-25(2)32(30,31)21-10-6-19(16-24)7-11-21/h4-11H,3,12-15,17H2,1-2H3. The van der Waals surface area contributed by atoms with Crippen LogP contribution < -0.4 is 0 Å². The highest BCUT2D eigenvalue weighted by molar-refractivity contribution is 7.89. The van der Waals surface area contributed by atoms with Gasteiger partial charge >= 0.3 is 0 Å². The number of likely N-dealkylation sites (N-methyl/N-ethyl adjacent to an activating group) is 1. The third-order valence-electron chi connectivity index (χ3n) is 5.58. The summed E-state index contributed by atoms with van der Waals surface area (Å²) in [6.45, 7) is 3.25. The van der Waals surface area contributed by atoms with Crippen LogP contribution in [0.1, 0.15) is 28.4 Å².